The van der Waals surface area contributed by atoms with Gasteiger partial charge in [-0.25, -0.2) is 4.79 Å². The number of ether oxygens (including phenoxy) is 1. The van der Waals surface area contributed by atoms with Gasteiger partial charge in [-0.1, -0.05) is 68.8 Å². The number of carbonyl (C=O) groups is 2. The van der Waals surface area contributed by atoms with Crippen molar-refractivity contribution in [3.8, 4) is 0 Å². The minimum atomic E-state index is -1.39. The van der Waals surface area contributed by atoms with Crippen molar-refractivity contribution in [2.45, 2.75) is 65.6 Å². The molecule has 1 aromatic rings. The van der Waals surface area contributed by atoms with Crippen molar-refractivity contribution in [2.24, 2.45) is 29.1 Å². The number of rotatable bonds is 3. The van der Waals surface area contributed by atoms with Crippen molar-refractivity contribution < 1.29 is 19.4 Å². The van der Waals surface area contributed by atoms with Gasteiger partial charge in [-0.15, -0.1) is 0 Å². The summed E-state index contributed by atoms with van der Waals surface area (Å²) in [6.07, 6.45) is 8.72. The molecule has 3 aliphatic carbocycles. The molecule has 0 heterocycles. The molecule has 4 heteroatoms. The summed E-state index contributed by atoms with van der Waals surface area (Å²) in [5.74, 6) is -0.561. The molecule has 0 saturated heterocycles. The maximum absolute atomic E-state index is 14.0. The molecule has 0 unspecified atom stereocenters. The number of Topliss-reactive ketones (excluding diaryl/α,β-unsaturated/α-hetero) is 1. The number of hydrogen-bond donors (Lipinski definition) is 1. The van der Waals surface area contributed by atoms with E-state index in [4.69, 9.17) is 4.74 Å². The average molecular weight is 449 g/mol. The Bertz CT molecular complexity index is 1020. The maximum atomic E-state index is 14.0. The molecule has 0 spiro atoms. The smallest absolute Gasteiger partial charge is 0.331 e. The van der Waals surface area contributed by atoms with Crippen LogP contribution in [0.25, 0.3) is 6.08 Å². The van der Waals surface area contributed by atoms with Crippen molar-refractivity contribution in [1.82, 2.24) is 0 Å². The van der Waals surface area contributed by atoms with Gasteiger partial charge >= 0.3 is 5.97 Å². The van der Waals surface area contributed by atoms with Gasteiger partial charge in [-0.05, 0) is 67.1 Å². The SMILES string of the molecule is C/C1=C/[C@H]2[C@@H](O)[C@@H](C)C[C@]2(OC(=O)/C=C/c2ccccc2)C(=O)/C(C)=C\[C@H]2[C@H](CC1)C2(C)C. The van der Waals surface area contributed by atoms with Crippen LogP contribution in [0, 0.1) is 29.1 Å². The number of esters is 1. The van der Waals surface area contributed by atoms with Gasteiger partial charge in [0.1, 0.15) is 0 Å². The fourth-order valence-electron chi connectivity index (χ4n) is 6.06. The van der Waals surface area contributed by atoms with Crippen molar-refractivity contribution in [3.63, 3.8) is 0 Å². The average Bonchev–Trinajstić information content (AvgIpc) is 3.21. The lowest BCUT2D eigenvalue weighted by atomic mass is 9.81. The molecule has 0 amide bonds. The Kier molecular flexibility index (Phi) is 6.26. The zero-order chi connectivity index (χ0) is 24.0. The Morgan fingerprint density at radius 3 is 2.52 bits per heavy atom. The van der Waals surface area contributed by atoms with E-state index in [0.29, 0.717) is 23.8 Å². The van der Waals surface area contributed by atoms with Crippen LogP contribution in [0.5, 0.6) is 0 Å². The van der Waals surface area contributed by atoms with Gasteiger partial charge in [0.25, 0.3) is 0 Å². The highest BCUT2D eigenvalue weighted by Gasteiger charge is 2.60. The van der Waals surface area contributed by atoms with Crippen LogP contribution in [0.4, 0.5) is 0 Å². The fraction of sp³-hybridized carbons (Fsp3) is 0.517. The van der Waals surface area contributed by atoms with E-state index in [1.165, 1.54) is 6.08 Å². The largest absolute Gasteiger partial charge is 0.447 e. The van der Waals surface area contributed by atoms with Crippen LogP contribution in [0.3, 0.4) is 0 Å². The molecule has 0 bridgehead atoms. The highest BCUT2D eigenvalue weighted by atomic mass is 16.6. The van der Waals surface area contributed by atoms with Crippen molar-refractivity contribution in [3.05, 3.63) is 65.3 Å². The number of benzene rings is 1. The quantitative estimate of drug-likeness (QED) is 0.375. The molecule has 6 atom stereocenters. The highest BCUT2D eigenvalue weighted by Crippen LogP contribution is 2.62. The number of allylic oxidation sites excluding steroid dienone is 2. The van der Waals surface area contributed by atoms with E-state index in [-0.39, 0.29) is 17.1 Å². The third-order valence-electron chi connectivity index (χ3n) is 8.23. The lowest BCUT2D eigenvalue weighted by molar-refractivity contribution is -0.165. The number of fused-ring (bicyclic) bond motifs is 2. The first-order chi connectivity index (χ1) is 15.6. The highest BCUT2D eigenvalue weighted by molar-refractivity contribution is 6.04. The number of aliphatic hydroxyl groups is 1. The standard InChI is InChI=1S/C29H36O4/c1-18-11-13-22-23(28(22,4)5)16-19(2)27(32)29(17-20(3)26(31)24(29)15-18)33-25(30)14-12-21-9-7-6-8-10-21/h6-10,12,14-16,20,22-24,26,31H,11,13,17H2,1-5H3/b14-12+,18-15-,19-16-/t20-,22-,23-,24-,26-,29+/m0/s1. The first kappa shape index (κ1) is 23.7. The molecular weight excluding hydrogens is 412 g/mol. The molecule has 0 aliphatic heterocycles. The van der Waals surface area contributed by atoms with Crippen LogP contribution >= 0.6 is 0 Å². The van der Waals surface area contributed by atoms with Gasteiger partial charge in [-0.3, -0.25) is 4.79 Å². The van der Waals surface area contributed by atoms with E-state index in [2.05, 4.69) is 26.8 Å². The summed E-state index contributed by atoms with van der Waals surface area (Å²) in [6.45, 7) is 10.3. The fourth-order valence-corrected chi connectivity index (χ4v) is 6.06. The van der Waals surface area contributed by atoms with Gasteiger partial charge < -0.3 is 9.84 Å². The molecule has 4 rings (SSSR count). The second-order valence-electron chi connectivity index (χ2n) is 10.9. The van der Waals surface area contributed by atoms with Gasteiger partial charge in [0.05, 0.1) is 12.0 Å². The van der Waals surface area contributed by atoms with Gasteiger partial charge in [0.15, 0.2) is 5.60 Å². The van der Waals surface area contributed by atoms with Crippen LogP contribution in [0.2, 0.25) is 0 Å². The van der Waals surface area contributed by atoms with Crippen LogP contribution in [0.1, 0.15) is 59.4 Å². The van der Waals surface area contributed by atoms with Crippen LogP contribution in [0.15, 0.2) is 59.7 Å². The summed E-state index contributed by atoms with van der Waals surface area (Å²) in [5, 5.41) is 11.1. The maximum Gasteiger partial charge on any atom is 0.331 e. The van der Waals surface area contributed by atoms with E-state index in [1.807, 2.05) is 50.3 Å². The molecule has 1 aromatic carbocycles. The number of ketones is 1. The Morgan fingerprint density at radius 2 is 1.82 bits per heavy atom. The summed E-state index contributed by atoms with van der Waals surface area (Å²) >= 11 is 0. The van der Waals surface area contributed by atoms with Crippen molar-refractivity contribution in [1.29, 1.82) is 0 Å². The van der Waals surface area contributed by atoms with Crippen LogP contribution < -0.4 is 0 Å². The third kappa shape index (κ3) is 4.38. The van der Waals surface area contributed by atoms with Gasteiger partial charge in [-0.2, -0.15) is 0 Å². The van der Waals surface area contributed by atoms with E-state index in [9.17, 15) is 14.7 Å². The minimum absolute atomic E-state index is 0.158. The second-order valence-corrected chi connectivity index (χ2v) is 10.9. The lowest BCUT2D eigenvalue weighted by Gasteiger charge is -2.33. The van der Waals surface area contributed by atoms with E-state index in [0.717, 1.165) is 24.0 Å². The molecule has 4 nitrogen and oxygen atoms in total. The van der Waals surface area contributed by atoms with Gasteiger partial charge in [0, 0.05) is 12.5 Å². The Labute approximate surface area is 197 Å². The van der Waals surface area contributed by atoms with E-state index >= 15 is 0 Å². The summed E-state index contributed by atoms with van der Waals surface area (Å²) in [6, 6.07) is 9.51. The normalized spacial score (nSPS) is 38.8. The molecule has 33 heavy (non-hydrogen) atoms. The van der Waals surface area contributed by atoms with Gasteiger partial charge in [0.2, 0.25) is 5.78 Å². The predicted molar refractivity (Wildman–Crippen MR) is 130 cm³/mol. The number of hydrogen-bond acceptors (Lipinski definition) is 4. The van der Waals surface area contributed by atoms with Crippen molar-refractivity contribution >= 4 is 17.8 Å². The molecule has 3 aliphatic rings. The summed E-state index contributed by atoms with van der Waals surface area (Å²) in [7, 11) is 0. The molecule has 0 aromatic heterocycles. The predicted octanol–water partition coefficient (Wildman–Crippen LogP) is 5.53. The third-order valence-corrected chi connectivity index (χ3v) is 8.23. The summed E-state index contributed by atoms with van der Waals surface area (Å²) < 4.78 is 6.05. The molecule has 176 valence electrons. The Balaban J connectivity index is 1.72. The second kappa shape index (κ2) is 8.72. The summed E-state index contributed by atoms with van der Waals surface area (Å²) in [4.78, 5) is 26.9. The lowest BCUT2D eigenvalue weighted by Crippen LogP contribution is -2.48. The molecule has 0 radical (unpaired) electrons. The minimum Gasteiger partial charge on any atom is -0.447 e. The molecule has 2 saturated carbocycles. The first-order valence-corrected chi connectivity index (χ1v) is 12.1. The zero-order valence-corrected chi connectivity index (χ0v) is 20.4. The van der Waals surface area contributed by atoms with E-state index < -0.39 is 23.6 Å². The number of aliphatic hydroxyl groups excluding tert-OH is 1. The molecule has 2 fully saturated rings. The summed E-state index contributed by atoms with van der Waals surface area (Å²) in [5.41, 5.74) is 1.44. The monoisotopic (exact) mass is 448 g/mol. The molecule has 1 N–H and O–H groups in total. The van der Waals surface area contributed by atoms with Crippen LogP contribution in [-0.4, -0.2) is 28.6 Å². The Morgan fingerprint density at radius 1 is 1.12 bits per heavy atom. The molecular formula is C29H36O4. The Hall–Kier alpha value is -2.46. The first-order valence-electron chi connectivity index (χ1n) is 12.1. The topological polar surface area (TPSA) is 63.6 Å². The van der Waals surface area contributed by atoms with E-state index in [1.54, 1.807) is 6.08 Å². The zero-order valence-electron chi connectivity index (χ0n) is 20.4. The number of carbonyl (C=O) groups excluding carboxylic acids is 2. The van der Waals surface area contributed by atoms with Crippen LogP contribution in [-0.2, 0) is 14.3 Å². The van der Waals surface area contributed by atoms with Crippen molar-refractivity contribution in [2.75, 3.05) is 0 Å².